The van der Waals surface area contributed by atoms with E-state index in [2.05, 4.69) is 19.9 Å². The SMILES string of the molecule is COc1ccccc1N1CCN(C(=O)Cc2c(C)nc(-c3cccnc3)[nH]c2=O)CC1. The molecule has 31 heavy (non-hydrogen) atoms. The number of benzene rings is 1. The van der Waals surface area contributed by atoms with E-state index >= 15 is 0 Å². The van der Waals surface area contributed by atoms with E-state index in [1.807, 2.05) is 30.3 Å². The van der Waals surface area contributed by atoms with Gasteiger partial charge in [0.25, 0.3) is 5.56 Å². The molecule has 1 aliphatic heterocycles. The van der Waals surface area contributed by atoms with Crippen LogP contribution in [0.1, 0.15) is 11.3 Å². The fourth-order valence-electron chi connectivity index (χ4n) is 3.81. The number of hydrogen-bond donors (Lipinski definition) is 1. The van der Waals surface area contributed by atoms with Crippen molar-refractivity contribution in [1.29, 1.82) is 0 Å². The Morgan fingerprint density at radius 1 is 1.13 bits per heavy atom. The minimum absolute atomic E-state index is 0.0378. The summed E-state index contributed by atoms with van der Waals surface area (Å²) in [6.07, 6.45) is 3.34. The summed E-state index contributed by atoms with van der Waals surface area (Å²) in [5, 5.41) is 0. The van der Waals surface area contributed by atoms with Gasteiger partial charge in [-0.3, -0.25) is 14.6 Å². The number of methoxy groups -OCH3 is 1. The predicted octanol–water partition coefficient (Wildman–Crippen LogP) is 2.04. The highest BCUT2D eigenvalue weighted by atomic mass is 16.5. The Morgan fingerprint density at radius 2 is 1.90 bits per heavy atom. The fourth-order valence-corrected chi connectivity index (χ4v) is 3.81. The monoisotopic (exact) mass is 419 g/mol. The fraction of sp³-hybridized carbons (Fsp3) is 0.304. The van der Waals surface area contributed by atoms with Gasteiger partial charge in [0.15, 0.2) is 0 Å². The number of amides is 1. The molecule has 1 N–H and O–H groups in total. The topological polar surface area (TPSA) is 91.4 Å². The van der Waals surface area contributed by atoms with Crippen LogP contribution in [0.4, 0.5) is 5.69 Å². The third-order valence-corrected chi connectivity index (χ3v) is 5.54. The molecule has 8 nitrogen and oxygen atoms in total. The maximum absolute atomic E-state index is 12.9. The van der Waals surface area contributed by atoms with Crippen molar-refractivity contribution < 1.29 is 9.53 Å². The number of nitrogens with zero attached hydrogens (tertiary/aromatic N) is 4. The molecule has 1 fully saturated rings. The zero-order valence-corrected chi connectivity index (χ0v) is 17.7. The second kappa shape index (κ2) is 8.99. The molecule has 1 amide bonds. The van der Waals surface area contributed by atoms with Gasteiger partial charge in [-0.15, -0.1) is 0 Å². The van der Waals surface area contributed by atoms with E-state index in [4.69, 9.17) is 4.74 Å². The molecule has 0 spiro atoms. The number of ether oxygens (including phenoxy) is 1. The van der Waals surface area contributed by atoms with E-state index in [1.165, 1.54) is 0 Å². The maximum Gasteiger partial charge on any atom is 0.255 e. The number of para-hydroxylation sites is 2. The highest BCUT2D eigenvalue weighted by molar-refractivity contribution is 5.79. The number of rotatable bonds is 5. The van der Waals surface area contributed by atoms with E-state index in [-0.39, 0.29) is 17.9 Å². The molecule has 0 saturated carbocycles. The van der Waals surface area contributed by atoms with Crippen molar-refractivity contribution in [3.8, 4) is 17.1 Å². The van der Waals surface area contributed by atoms with Gasteiger partial charge < -0.3 is 19.5 Å². The van der Waals surface area contributed by atoms with Crippen LogP contribution in [0.25, 0.3) is 11.4 Å². The number of pyridine rings is 1. The van der Waals surface area contributed by atoms with Gasteiger partial charge in [-0.05, 0) is 31.2 Å². The molecular formula is C23H25N5O3. The molecule has 2 aromatic heterocycles. The first-order chi connectivity index (χ1) is 15.1. The zero-order chi connectivity index (χ0) is 21.8. The molecule has 0 radical (unpaired) electrons. The Bertz CT molecular complexity index is 1120. The summed E-state index contributed by atoms with van der Waals surface area (Å²) in [7, 11) is 1.66. The Labute approximate surface area is 180 Å². The quantitative estimate of drug-likeness (QED) is 0.681. The second-order valence-corrected chi connectivity index (χ2v) is 7.44. The predicted molar refractivity (Wildman–Crippen MR) is 118 cm³/mol. The molecule has 1 saturated heterocycles. The molecule has 1 aliphatic rings. The molecule has 4 rings (SSSR count). The van der Waals surface area contributed by atoms with Crippen LogP contribution in [0.5, 0.6) is 5.75 Å². The highest BCUT2D eigenvalue weighted by Gasteiger charge is 2.24. The lowest BCUT2D eigenvalue weighted by molar-refractivity contribution is -0.130. The zero-order valence-electron chi connectivity index (χ0n) is 17.7. The molecule has 0 atom stereocenters. The van der Waals surface area contributed by atoms with Crippen molar-refractivity contribution in [2.24, 2.45) is 0 Å². The smallest absolute Gasteiger partial charge is 0.255 e. The number of hydrogen-bond acceptors (Lipinski definition) is 6. The summed E-state index contributed by atoms with van der Waals surface area (Å²) in [6, 6.07) is 11.5. The summed E-state index contributed by atoms with van der Waals surface area (Å²) < 4.78 is 5.45. The van der Waals surface area contributed by atoms with Crippen LogP contribution in [-0.4, -0.2) is 59.0 Å². The third-order valence-electron chi connectivity index (χ3n) is 5.54. The van der Waals surface area contributed by atoms with Crippen LogP contribution in [0.3, 0.4) is 0 Å². The number of nitrogens with one attached hydrogen (secondary N) is 1. The lowest BCUT2D eigenvalue weighted by Gasteiger charge is -2.36. The van der Waals surface area contributed by atoms with Gasteiger partial charge in [0.2, 0.25) is 5.91 Å². The van der Waals surface area contributed by atoms with Crippen molar-refractivity contribution in [2.45, 2.75) is 13.3 Å². The van der Waals surface area contributed by atoms with E-state index in [1.54, 1.807) is 37.4 Å². The van der Waals surface area contributed by atoms with Crippen LogP contribution >= 0.6 is 0 Å². The number of aryl methyl sites for hydroxylation is 1. The van der Waals surface area contributed by atoms with Gasteiger partial charge in [0, 0.05) is 55.4 Å². The van der Waals surface area contributed by atoms with Crippen LogP contribution < -0.4 is 15.2 Å². The van der Waals surface area contributed by atoms with Gasteiger partial charge in [-0.1, -0.05) is 12.1 Å². The van der Waals surface area contributed by atoms with E-state index in [0.29, 0.717) is 43.3 Å². The molecule has 8 heteroatoms. The molecule has 0 unspecified atom stereocenters. The molecular weight excluding hydrogens is 394 g/mol. The number of anilines is 1. The third kappa shape index (κ3) is 4.42. The number of aromatic nitrogens is 3. The van der Waals surface area contributed by atoms with Crippen LogP contribution in [0, 0.1) is 6.92 Å². The summed E-state index contributed by atoms with van der Waals surface area (Å²) in [5.74, 6) is 1.21. The molecule has 0 bridgehead atoms. The lowest BCUT2D eigenvalue weighted by Crippen LogP contribution is -2.49. The minimum atomic E-state index is -0.285. The second-order valence-electron chi connectivity index (χ2n) is 7.44. The number of H-pyrrole nitrogens is 1. The standard InChI is InChI=1S/C23H25N5O3/c1-16-18(23(30)26-22(25-16)17-6-5-9-24-15-17)14-21(29)28-12-10-27(11-13-28)19-7-3-4-8-20(19)31-2/h3-9,15H,10-14H2,1-2H3,(H,25,26,30). The van der Waals surface area contributed by atoms with Gasteiger partial charge in [-0.2, -0.15) is 0 Å². The normalized spacial score (nSPS) is 13.9. The average Bonchev–Trinajstić information content (AvgIpc) is 2.81. The number of carbonyl (C=O) groups excluding carboxylic acids is 1. The van der Waals surface area contributed by atoms with Crippen LogP contribution in [-0.2, 0) is 11.2 Å². The minimum Gasteiger partial charge on any atom is -0.495 e. The summed E-state index contributed by atoms with van der Waals surface area (Å²) in [6.45, 7) is 4.36. The van der Waals surface area contributed by atoms with E-state index in [0.717, 1.165) is 17.0 Å². The first-order valence-electron chi connectivity index (χ1n) is 10.2. The molecule has 3 aromatic rings. The lowest BCUT2D eigenvalue weighted by atomic mass is 10.1. The maximum atomic E-state index is 12.9. The van der Waals surface area contributed by atoms with E-state index < -0.39 is 0 Å². The Kier molecular flexibility index (Phi) is 5.97. The summed E-state index contributed by atoms with van der Waals surface area (Å²) in [4.78, 5) is 40.9. The van der Waals surface area contributed by atoms with Crippen molar-refractivity contribution in [3.63, 3.8) is 0 Å². The summed E-state index contributed by atoms with van der Waals surface area (Å²) >= 11 is 0. The number of piperazine rings is 1. The number of aromatic amines is 1. The first-order valence-corrected chi connectivity index (χ1v) is 10.2. The Balaban J connectivity index is 1.43. The van der Waals surface area contributed by atoms with Gasteiger partial charge in [0.05, 0.1) is 19.2 Å². The largest absolute Gasteiger partial charge is 0.495 e. The van der Waals surface area contributed by atoms with Crippen molar-refractivity contribution in [1.82, 2.24) is 19.9 Å². The van der Waals surface area contributed by atoms with Gasteiger partial charge in [0.1, 0.15) is 11.6 Å². The highest BCUT2D eigenvalue weighted by Crippen LogP contribution is 2.28. The van der Waals surface area contributed by atoms with Crippen LogP contribution in [0.15, 0.2) is 53.6 Å². The molecule has 1 aromatic carbocycles. The summed E-state index contributed by atoms with van der Waals surface area (Å²) in [5.41, 5.74) is 2.44. The van der Waals surface area contributed by atoms with Crippen molar-refractivity contribution in [2.75, 3.05) is 38.2 Å². The average molecular weight is 419 g/mol. The van der Waals surface area contributed by atoms with Crippen LogP contribution in [0.2, 0.25) is 0 Å². The number of carbonyl (C=O) groups is 1. The van der Waals surface area contributed by atoms with E-state index in [9.17, 15) is 9.59 Å². The first kappa shape index (κ1) is 20.6. The molecule has 0 aliphatic carbocycles. The van der Waals surface area contributed by atoms with Crippen molar-refractivity contribution in [3.05, 3.63) is 70.4 Å². The molecule has 3 heterocycles. The molecule has 160 valence electrons. The van der Waals surface area contributed by atoms with Gasteiger partial charge in [-0.25, -0.2) is 4.98 Å². The van der Waals surface area contributed by atoms with Gasteiger partial charge >= 0.3 is 0 Å². The Morgan fingerprint density at radius 3 is 2.58 bits per heavy atom. The Hall–Kier alpha value is -3.68. The van der Waals surface area contributed by atoms with Crippen molar-refractivity contribution >= 4 is 11.6 Å².